The maximum Gasteiger partial charge on any atom is 0.211 e. The highest BCUT2D eigenvalue weighted by molar-refractivity contribution is 14.0. The molecule has 10 heteroatoms. The quantitative estimate of drug-likeness (QED) is 0.207. The molecule has 0 saturated carbocycles. The van der Waals surface area contributed by atoms with Gasteiger partial charge in [-0.2, -0.15) is 0 Å². The van der Waals surface area contributed by atoms with Crippen LogP contribution in [0.25, 0.3) is 0 Å². The zero-order valence-electron chi connectivity index (χ0n) is 16.3. The van der Waals surface area contributed by atoms with Crippen LogP contribution >= 0.6 is 35.3 Å². The van der Waals surface area contributed by atoms with E-state index < -0.39 is 10.0 Å². The lowest BCUT2D eigenvalue weighted by atomic mass is 9.88. The lowest BCUT2D eigenvalue weighted by Gasteiger charge is -2.39. The molecule has 0 amide bonds. The van der Waals surface area contributed by atoms with Crippen LogP contribution < -0.4 is 15.4 Å². The fourth-order valence-electron chi connectivity index (χ4n) is 3.32. The summed E-state index contributed by atoms with van der Waals surface area (Å²) in [5.41, 5.74) is 0. The number of halogens is 1. The zero-order chi connectivity index (χ0) is 19.0. The van der Waals surface area contributed by atoms with Crippen LogP contribution in [0, 0.1) is 5.92 Å². The van der Waals surface area contributed by atoms with Gasteiger partial charge in [-0.1, -0.05) is 6.07 Å². The average molecular weight is 530 g/mol. The van der Waals surface area contributed by atoms with Gasteiger partial charge in [0, 0.05) is 37.6 Å². The van der Waals surface area contributed by atoms with Gasteiger partial charge in [0.25, 0.3) is 0 Å². The molecule has 2 rings (SSSR count). The molecule has 156 valence electrons. The van der Waals surface area contributed by atoms with Gasteiger partial charge in [-0.15, -0.1) is 35.3 Å². The summed E-state index contributed by atoms with van der Waals surface area (Å²) in [6.45, 7) is 4.44. The van der Waals surface area contributed by atoms with E-state index in [1.54, 1.807) is 14.0 Å². The van der Waals surface area contributed by atoms with Crippen LogP contribution in [0.2, 0.25) is 0 Å². The molecule has 2 unspecified atom stereocenters. The molecule has 0 bridgehead atoms. The van der Waals surface area contributed by atoms with Crippen LogP contribution in [0.3, 0.4) is 0 Å². The van der Waals surface area contributed by atoms with Gasteiger partial charge >= 0.3 is 0 Å². The Balaban J connectivity index is 0.00000364. The van der Waals surface area contributed by atoms with Crippen LogP contribution in [0.4, 0.5) is 0 Å². The lowest BCUT2D eigenvalue weighted by molar-refractivity contribution is 0.125. The highest BCUT2D eigenvalue weighted by Gasteiger charge is 2.31. The molecule has 1 saturated heterocycles. The minimum Gasteiger partial charge on any atom is -0.356 e. The number of thiophene rings is 1. The monoisotopic (exact) mass is 529 g/mol. The molecule has 1 aromatic heterocycles. The van der Waals surface area contributed by atoms with Gasteiger partial charge in [-0.3, -0.25) is 9.89 Å². The number of guanidine groups is 1. The Labute approximate surface area is 184 Å². The molecule has 0 aliphatic carbocycles. The molecule has 3 N–H and O–H groups in total. The molecular formula is C17H32IN5O2S2. The molecule has 2 atom stereocenters. The van der Waals surface area contributed by atoms with E-state index in [9.17, 15) is 8.42 Å². The molecule has 0 radical (unpaired) electrons. The molecule has 2 heterocycles. The maximum absolute atomic E-state index is 11.4. The van der Waals surface area contributed by atoms with Gasteiger partial charge in [0.15, 0.2) is 5.96 Å². The summed E-state index contributed by atoms with van der Waals surface area (Å²) < 4.78 is 25.4. The first kappa shape index (κ1) is 24.6. The predicted octanol–water partition coefficient (Wildman–Crippen LogP) is 1.85. The summed E-state index contributed by atoms with van der Waals surface area (Å²) in [5, 5.41) is 8.71. The molecule has 7 nitrogen and oxygen atoms in total. The van der Waals surface area contributed by atoms with E-state index in [0.717, 1.165) is 13.1 Å². The number of nitrogens with zero attached hydrogens (tertiary/aromatic N) is 2. The van der Waals surface area contributed by atoms with Crippen molar-refractivity contribution in [2.45, 2.75) is 25.8 Å². The van der Waals surface area contributed by atoms with Gasteiger partial charge in [0.05, 0.1) is 5.75 Å². The Morgan fingerprint density at radius 2 is 2.15 bits per heavy atom. The summed E-state index contributed by atoms with van der Waals surface area (Å²) in [7, 11) is 0.783. The predicted molar refractivity (Wildman–Crippen MR) is 125 cm³/mol. The third-order valence-corrected chi connectivity index (χ3v) is 7.06. The Hall–Kier alpha value is -0.430. The molecule has 1 aliphatic rings. The number of hydrogen-bond donors (Lipinski definition) is 3. The summed E-state index contributed by atoms with van der Waals surface area (Å²) in [6, 6.07) is 4.77. The van der Waals surface area contributed by atoms with Crippen LogP contribution in [-0.4, -0.2) is 65.3 Å². The van der Waals surface area contributed by atoms with E-state index >= 15 is 0 Å². The highest BCUT2D eigenvalue weighted by atomic mass is 127. The molecule has 0 aromatic carbocycles. The molecule has 27 heavy (non-hydrogen) atoms. The van der Waals surface area contributed by atoms with Crippen molar-refractivity contribution in [2.24, 2.45) is 10.9 Å². The average Bonchev–Trinajstić information content (AvgIpc) is 3.15. The zero-order valence-corrected chi connectivity index (χ0v) is 20.2. The van der Waals surface area contributed by atoms with E-state index in [1.807, 2.05) is 11.3 Å². The SMILES string of the molecule is CCS(=O)(=O)NCCNC(=NC)NCC1CCCN(C)C1c1cccs1.I. The number of sulfonamides is 1. The number of aliphatic imine (C=N–C) groups is 1. The Morgan fingerprint density at radius 1 is 1.37 bits per heavy atom. The summed E-state index contributed by atoms with van der Waals surface area (Å²) in [4.78, 5) is 8.09. The number of likely N-dealkylation sites (tertiary alicyclic amines) is 1. The third kappa shape index (κ3) is 7.84. The van der Waals surface area contributed by atoms with Crippen LogP contribution in [0.15, 0.2) is 22.5 Å². The first-order chi connectivity index (χ1) is 12.5. The lowest BCUT2D eigenvalue weighted by Crippen LogP contribution is -2.46. The van der Waals surface area contributed by atoms with Gasteiger partial charge in [0.2, 0.25) is 10.0 Å². The molecule has 1 fully saturated rings. The van der Waals surface area contributed by atoms with E-state index in [1.165, 1.54) is 17.7 Å². The second-order valence-corrected chi connectivity index (χ2v) is 9.60. The van der Waals surface area contributed by atoms with E-state index in [4.69, 9.17) is 0 Å². The molecule has 0 spiro atoms. The number of piperidine rings is 1. The molecular weight excluding hydrogens is 497 g/mol. The van der Waals surface area contributed by atoms with Crippen molar-refractivity contribution < 1.29 is 8.42 Å². The molecule has 1 aromatic rings. The Bertz CT molecular complexity index is 667. The van der Waals surface area contributed by atoms with Gasteiger partial charge < -0.3 is 10.6 Å². The van der Waals surface area contributed by atoms with Crippen molar-refractivity contribution in [1.29, 1.82) is 0 Å². The third-order valence-electron chi connectivity index (χ3n) is 4.72. The second-order valence-electron chi connectivity index (χ2n) is 6.52. The number of hydrogen-bond acceptors (Lipinski definition) is 5. The smallest absolute Gasteiger partial charge is 0.211 e. The minimum atomic E-state index is -3.15. The van der Waals surface area contributed by atoms with Gasteiger partial charge in [0.1, 0.15) is 0 Å². The largest absolute Gasteiger partial charge is 0.356 e. The summed E-state index contributed by atoms with van der Waals surface area (Å²) in [5.74, 6) is 1.32. The minimum absolute atomic E-state index is 0. The van der Waals surface area contributed by atoms with E-state index in [0.29, 0.717) is 31.0 Å². The Kier molecular flexibility index (Phi) is 11.1. The summed E-state index contributed by atoms with van der Waals surface area (Å²) >= 11 is 1.82. The van der Waals surface area contributed by atoms with Crippen molar-refractivity contribution in [3.63, 3.8) is 0 Å². The van der Waals surface area contributed by atoms with E-state index in [2.05, 4.69) is 49.8 Å². The van der Waals surface area contributed by atoms with Crippen molar-refractivity contribution >= 4 is 51.3 Å². The molecule has 1 aliphatic heterocycles. The fourth-order valence-corrected chi connectivity index (χ4v) is 4.92. The maximum atomic E-state index is 11.4. The van der Waals surface area contributed by atoms with Crippen LogP contribution in [0.1, 0.15) is 30.7 Å². The topological polar surface area (TPSA) is 85.8 Å². The Morgan fingerprint density at radius 3 is 2.78 bits per heavy atom. The van der Waals surface area contributed by atoms with Crippen LogP contribution in [0.5, 0.6) is 0 Å². The second kappa shape index (κ2) is 12.2. The number of nitrogens with one attached hydrogen (secondary N) is 3. The van der Waals surface area contributed by atoms with Crippen LogP contribution in [-0.2, 0) is 10.0 Å². The van der Waals surface area contributed by atoms with Gasteiger partial charge in [-0.25, -0.2) is 13.1 Å². The van der Waals surface area contributed by atoms with E-state index in [-0.39, 0.29) is 29.7 Å². The first-order valence-corrected chi connectivity index (χ1v) is 11.7. The van der Waals surface area contributed by atoms with Gasteiger partial charge in [-0.05, 0) is 50.7 Å². The normalized spacial score (nSPS) is 21.5. The van der Waals surface area contributed by atoms with Crippen molar-refractivity contribution in [1.82, 2.24) is 20.3 Å². The first-order valence-electron chi connectivity index (χ1n) is 9.12. The fraction of sp³-hybridized carbons (Fsp3) is 0.706. The van der Waals surface area contributed by atoms with Crippen molar-refractivity contribution in [2.75, 3.05) is 46.0 Å². The standard InChI is InChI=1S/C17H31N5O2S2.HI/c1-4-26(23,24)21-10-9-19-17(18-2)20-13-14-7-5-11-22(3)16(14)15-8-6-12-25-15;/h6,8,12,14,16,21H,4-5,7,9-11,13H2,1-3H3,(H2,18,19,20);1H. The van der Waals surface area contributed by atoms with Crippen molar-refractivity contribution in [3.05, 3.63) is 22.4 Å². The number of rotatable bonds is 8. The van der Waals surface area contributed by atoms with Crippen molar-refractivity contribution in [3.8, 4) is 0 Å². The summed E-state index contributed by atoms with van der Waals surface area (Å²) in [6.07, 6.45) is 2.39. The highest BCUT2D eigenvalue weighted by Crippen LogP contribution is 2.36.